The first-order valence-electron chi connectivity index (χ1n) is 10.9. The number of piperazine rings is 1. The molecule has 5 rings (SSSR count). The molecule has 154 valence electrons. The van der Waals surface area contributed by atoms with E-state index in [0.717, 1.165) is 50.1 Å². The summed E-state index contributed by atoms with van der Waals surface area (Å²) in [6.45, 7) is 3.08. The summed E-state index contributed by atoms with van der Waals surface area (Å²) >= 11 is 0. The number of amides is 1. The zero-order chi connectivity index (χ0) is 20.3. The van der Waals surface area contributed by atoms with E-state index in [1.165, 1.54) is 11.1 Å². The Bertz CT molecular complexity index is 952. The maximum Gasteiger partial charge on any atom is 0.276 e. The number of aromatic nitrogens is 1. The highest BCUT2D eigenvalue weighted by atomic mass is 16.5. The Labute approximate surface area is 177 Å². The van der Waals surface area contributed by atoms with E-state index in [1.54, 1.807) is 0 Å². The molecule has 1 saturated heterocycles. The molecule has 0 bridgehead atoms. The predicted octanol–water partition coefficient (Wildman–Crippen LogP) is 4.10. The van der Waals surface area contributed by atoms with Crippen LogP contribution < -0.4 is 0 Å². The Morgan fingerprint density at radius 1 is 0.833 bits per heavy atom. The molecule has 30 heavy (non-hydrogen) atoms. The fourth-order valence-corrected chi connectivity index (χ4v) is 4.77. The van der Waals surface area contributed by atoms with Crippen molar-refractivity contribution in [1.29, 1.82) is 0 Å². The van der Waals surface area contributed by atoms with E-state index in [2.05, 4.69) is 70.7 Å². The summed E-state index contributed by atoms with van der Waals surface area (Å²) in [6.07, 6.45) is 4.04. The van der Waals surface area contributed by atoms with Gasteiger partial charge in [-0.2, -0.15) is 0 Å². The quantitative estimate of drug-likeness (QED) is 0.660. The number of rotatable bonds is 4. The van der Waals surface area contributed by atoms with Gasteiger partial charge in [0, 0.05) is 38.2 Å². The Kier molecular flexibility index (Phi) is 5.37. The number of hydrogen-bond acceptors (Lipinski definition) is 4. The van der Waals surface area contributed by atoms with Gasteiger partial charge in [-0.25, -0.2) is 0 Å². The first kappa shape index (κ1) is 19.1. The van der Waals surface area contributed by atoms with E-state index in [-0.39, 0.29) is 11.9 Å². The molecule has 1 aromatic heterocycles. The van der Waals surface area contributed by atoms with Crippen molar-refractivity contribution in [2.45, 2.75) is 31.7 Å². The summed E-state index contributed by atoms with van der Waals surface area (Å²) in [5, 5.41) is 4.14. The number of nitrogens with zero attached hydrogens (tertiary/aromatic N) is 3. The summed E-state index contributed by atoms with van der Waals surface area (Å²) in [4.78, 5) is 17.6. The molecule has 0 unspecified atom stereocenters. The normalized spacial score (nSPS) is 17.2. The Morgan fingerprint density at radius 3 is 2.07 bits per heavy atom. The first-order chi connectivity index (χ1) is 14.8. The lowest BCUT2D eigenvalue weighted by Gasteiger charge is -2.39. The van der Waals surface area contributed by atoms with Gasteiger partial charge >= 0.3 is 0 Å². The van der Waals surface area contributed by atoms with Crippen LogP contribution in [-0.4, -0.2) is 47.0 Å². The maximum absolute atomic E-state index is 13.1. The maximum atomic E-state index is 13.1. The van der Waals surface area contributed by atoms with Crippen molar-refractivity contribution in [1.82, 2.24) is 15.0 Å². The third-order valence-electron chi connectivity index (χ3n) is 6.35. The van der Waals surface area contributed by atoms with Gasteiger partial charge in [-0.3, -0.25) is 9.69 Å². The van der Waals surface area contributed by atoms with Crippen molar-refractivity contribution in [3.8, 4) is 0 Å². The minimum atomic E-state index is 0.0255. The lowest BCUT2D eigenvalue weighted by molar-refractivity contribution is 0.0587. The highest BCUT2D eigenvalue weighted by Crippen LogP contribution is 2.30. The summed E-state index contributed by atoms with van der Waals surface area (Å²) in [6, 6.07) is 21.5. The SMILES string of the molecule is O=C(c1noc2c1CCCC2)N1CCN(C(c2ccccc2)c2ccccc2)CC1. The van der Waals surface area contributed by atoms with Crippen LogP contribution in [0.4, 0.5) is 0 Å². The summed E-state index contributed by atoms with van der Waals surface area (Å²) in [5.74, 6) is 0.939. The summed E-state index contributed by atoms with van der Waals surface area (Å²) in [5.41, 5.74) is 4.16. The summed E-state index contributed by atoms with van der Waals surface area (Å²) in [7, 11) is 0. The van der Waals surface area contributed by atoms with E-state index in [0.29, 0.717) is 18.8 Å². The molecule has 1 aliphatic carbocycles. The van der Waals surface area contributed by atoms with Crippen molar-refractivity contribution in [3.63, 3.8) is 0 Å². The molecule has 1 amide bonds. The number of carbonyl (C=O) groups excluding carboxylic acids is 1. The van der Waals surface area contributed by atoms with Gasteiger partial charge in [0.1, 0.15) is 5.76 Å². The lowest BCUT2D eigenvalue weighted by Crippen LogP contribution is -2.50. The second kappa shape index (κ2) is 8.44. The lowest BCUT2D eigenvalue weighted by atomic mass is 9.95. The van der Waals surface area contributed by atoms with Gasteiger partial charge in [0.15, 0.2) is 5.69 Å². The standard InChI is InChI=1S/C25H27N3O2/c29-25(23-21-13-7-8-14-22(21)30-26-23)28-17-15-27(16-18-28)24(19-9-3-1-4-10-19)20-11-5-2-6-12-20/h1-6,9-12,24H,7-8,13-18H2. The Morgan fingerprint density at radius 2 is 1.43 bits per heavy atom. The number of fused-ring (bicyclic) bond motifs is 1. The van der Waals surface area contributed by atoms with Crippen molar-refractivity contribution < 1.29 is 9.32 Å². The molecule has 5 nitrogen and oxygen atoms in total. The van der Waals surface area contributed by atoms with Gasteiger partial charge in [0.25, 0.3) is 5.91 Å². The summed E-state index contributed by atoms with van der Waals surface area (Å²) < 4.78 is 5.47. The highest BCUT2D eigenvalue weighted by Gasteiger charge is 2.32. The molecule has 2 aromatic carbocycles. The van der Waals surface area contributed by atoms with E-state index >= 15 is 0 Å². The second-order valence-electron chi connectivity index (χ2n) is 8.19. The molecule has 1 aliphatic heterocycles. The third-order valence-corrected chi connectivity index (χ3v) is 6.35. The van der Waals surface area contributed by atoms with Gasteiger partial charge in [-0.15, -0.1) is 0 Å². The van der Waals surface area contributed by atoms with Crippen molar-refractivity contribution in [3.05, 3.63) is 88.8 Å². The van der Waals surface area contributed by atoms with Crippen LogP contribution in [0.1, 0.15) is 51.8 Å². The molecule has 5 heteroatoms. The smallest absolute Gasteiger partial charge is 0.276 e. The van der Waals surface area contributed by atoms with Crippen LogP contribution in [0.3, 0.4) is 0 Å². The molecular formula is C25H27N3O2. The molecule has 2 aliphatic rings. The minimum Gasteiger partial charge on any atom is -0.360 e. The zero-order valence-electron chi connectivity index (χ0n) is 17.2. The van der Waals surface area contributed by atoms with Crippen molar-refractivity contribution in [2.24, 2.45) is 0 Å². The Hall–Kier alpha value is -2.92. The number of aryl methyl sites for hydroxylation is 1. The van der Waals surface area contributed by atoms with Crippen molar-refractivity contribution in [2.75, 3.05) is 26.2 Å². The van der Waals surface area contributed by atoms with Crippen LogP contribution >= 0.6 is 0 Å². The van der Waals surface area contributed by atoms with Crippen LogP contribution in [0.5, 0.6) is 0 Å². The molecule has 0 spiro atoms. The fraction of sp³-hybridized carbons (Fsp3) is 0.360. The Balaban J connectivity index is 1.33. The molecule has 3 aromatic rings. The topological polar surface area (TPSA) is 49.6 Å². The van der Waals surface area contributed by atoms with Crippen LogP contribution in [0.15, 0.2) is 65.2 Å². The van der Waals surface area contributed by atoms with Gasteiger partial charge in [0.2, 0.25) is 0 Å². The number of hydrogen-bond donors (Lipinski definition) is 0. The van der Waals surface area contributed by atoms with E-state index in [1.807, 2.05) is 4.90 Å². The largest absolute Gasteiger partial charge is 0.360 e. The molecule has 0 saturated carbocycles. The number of benzene rings is 2. The molecule has 0 N–H and O–H groups in total. The molecule has 0 radical (unpaired) electrons. The predicted molar refractivity (Wildman–Crippen MR) is 115 cm³/mol. The van der Waals surface area contributed by atoms with E-state index < -0.39 is 0 Å². The zero-order valence-corrected chi connectivity index (χ0v) is 17.2. The average molecular weight is 402 g/mol. The highest BCUT2D eigenvalue weighted by molar-refractivity contribution is 5.94. The van der Waals surface area contributed by atoms with Gasteiger partial charge in [-0.1, -0.05) is 65.8 Å². The monoisotopic (exact) mass is 401 g/mol. The van der Waals surface area contributed by atoms with E-state index in [4.69, 9.17) is 4.52 Å². The number of carbonyl (C=O) groups is 1. The van der Waals surface area contributed by atoms with E-state index in [9.17, 15) is 4.79 Å². The molecule has 2 heterocycles. The third kappa shape index (κ3) is 3.65. The van der Waals surface area contributed by atoms with Crippen LogP contribution in [0.25, 0.3) is 0 Å². The average Bonchev–Trinajstić information content (AvgIpc) is 3.25. The van der Waals surface area contributed by atoms with Crippen LogP contribution in [-0.2, 0) is 12.8 Å². The molecule has 1 fully saturated rings. The second-order valence-corrected chi connectivity index (χ2v) is 8.19. The minimum absolute atomic E-state index is 0.0255. The van der Waals surface area contributed by atoms with Gasteiger partial charge in [0.05, 0.1) is 6.04 Å². The fourth-order valence-electron chi connectivity index (χ4n) is 4.77. The van der Waals surface area contributed by atoms with Gasteiger partial charge in [-0.05, 0) is 30.4 Å². The first-order valence-corrected chi connectivity index (χ1v) is 10.9. The molecular weight excluding hydrogens is 374 g/mol. The van der Waals surface area contributed by atoms with Crippen LogP contribution in [0.2, 0.25) is 0 Å². The van der Waals surface area contributed by atoms with Crippen LogP contribution in [0, 0.1) is 0 Å². The van der Waals surface area contributed by atoms with Gasteiger partial charge < -0.3 is 9.42 Å². The van der Waals surface area contributed by atoms with Crippen molar-refractivity contribution >= 4 is 5.91 Å². The molecule has 0 atom stereocenters.